The van der Waals surface area contributed by atoms with Crippen LogP contribution in [0.2, 0.25) is 0 Å². The quantitative estimate of drug-likeness (QED) is 0.211. The molecule has 0 aliphatic heterocycles. The Labute approximate surface area is 254 Å². The van der Waals surface area contributed by atoms with E-state index < -0.39 is 0 Å². The lowest BCUT2D eigenvalue weighted by Crippen LogP contribution is -2.14. The van der Waals surface area contributed by atoms with Crippen LogP contribution in [0.25, 0.3) is 56.4 Å². The van der Waals surface area contributed by atoms with Crippen molar-refractivity contribution in [3.8, 4) is 56.4 Å². The van der Waals surface area contributed by atoms with Crippen molar-refractivity contribution in [2.24, 2.45) is 0 Å². The predicted molar refractivity (Wildman–Crippen MR) is 179 cm³/mol. The van der Waals surface area contributed by atoms with Gasteiger partial charge in [0.2, 0.25) is 0 Å². The van der Waals surface area contributed by atoms with Crippen LogP contribution in [0.3, 0.4) is 0 Å². The number of aromatic nitrogens is 3. The summed E-state index contributed by atoms with van der Waals surface area (Å²) >= 11 is 0. The van der Waals surface area contributed by atoms with Crippen LogP contribution in [-0.2, 0) is 10.8 Å². The molecule has 0 saturated carbocycles. The van der Waals surface area contributed by atoms with Gasteiger partial charge in [-0.2, -0.15) is 0 Å². The number of benzene rings is 5. The average molecular weight is 554 g/mol. The zero-order chi connectivity index (χ0) is 29.5. The summed E-state index contributed by atoms with van der Waals surface area (Å²) in [6.45, 7) is 9.23. The summed E-state index contributed by atoms with van der Waals surface area (Å²) in [6.07, 6.45) is 0. The standard InChI is InChI=1S/C39H32BN3/c1-38(2)31-11-7-5-9-27(31)29-21-24(15-19-33(29)38)36-41-35(23-13-17-26(40)18-14-23)42-37(43-36)25-16-20-34-30(22-25)28-10-6-8-12-32(28)39(34,3)4/h5-22H,40H2,1-4H3. The zero-order valence-corrected chi connectivity index (χ0v) is 25.2. The molecule has 206 valence electrons. The normalized spacial score (nSPS) is 15.0. The van der Waals surface area contributed by atoms with E-state index in [9.17, 15) is 0 Å². The van der Waals surface area contributed by atoms with Crippen LogP contribution in [0.5, 0.6) is 0 Å². The minimum atomic E-state index is -0.0454. The monoisotopic (exact) mass is 553 g/mol. The van der Waals surface area contributed by atoms with E-state index in [2.05, 4.69) is 145 Å². The van der Waals surface area contributed by atoms with E-state index in [1.165, 1.54) is 50.0 Å². The molecular formula is C39H32BN3. The van der Waals surface area contributed by atoms with Gasteiger partial charge in [-0.1, -0.05) is 130 Å². The van der Waals surface area contributed by atoms with Gasteiger partial charge in [0.1, 0.15) is 7.85 Å². The molecule has 0 fully saturated rings. The van der Waals surface area contributed by atoms with Crippen LogP contribution >= 0.6 is 0 Å². The highest BCUT2D eigenvalue weighted by Crippen LogP contribution is 2.50. The first-order valence-corrected chi connectivity index (χ1v) is 15.0. The van der Waals surface area contributed by atoms with Crippen molar-refractivity contribution in [2.75, 3.05) is 0 Å². The summed E-state index contributed by atoms with van der Waals surface area (Å²) < 4.78 is 0. The van der Waals surface area contributed by atoms with Gasteiger partial charge in [0.15, 0.2) is 17.5 Å². The lowest BCUT2D eigenvalue weighted by molar-refractivity contribution is 0.660. The van der Waals surface area contributed by atoms with Crippen LogP contribution in [0.4, 0.5) is 0 Å². The van der Waals surface area contributed by atoms with Gasteiger partial charge in [-0.25, -0.2) is 15.0 Å². The highest BCUT2D eigenvalue weighted by molar-refractivity contribution is 6.32. The molecular weight excluding hydrogens is 521 g/mol. The number of fused-ring (bicyclic) bond motifs is 6. The average Bonchev–Trinajstić information content (AvgIpc) is 3.40. The first kappa shape index (κ1) is 25.9. The summed E-state index contributed by atoms with van der Waals surface area (Å²) in [5.74, 6) is 2.06. The molecule has 0 unspecified atom stereocenters. The van der Waals surface area contributed by atoms with Crippen LogP contribution in [0.1, 0.15) is 49.9 Å². The molecule has 0 saturated heterocycles. The molecule has 5 aromatic carbocycles. The molecule has 1 aromatic heterocycles. The van der Waals surface area contributed by atoms with Gasteiger partial charge in [0, 0.05) is 27.5 Å². The van der Waals surface area contributed by atoms with Gasteiger partial charge in [-0.3, -0.25) is 0 Å². The second-order valence-electron chi connectivity index (χ2n) is 13.0. The van der Waals surface area contributed by atoms with Crippen LogP contribution in [-0.4, -0.2) is 22.8 Å². The van der Waals surface area contributed by atoms with Crippen molar-refractivity contribution in [3.05, 3.63) is 131 Å². The highest BCUT2D eigenvalue weighted by Gasteiger charge is 2.36. The van der Waals surface area contributed by atoms with Crippen molar-refractivity contribution in [1.29, 1.82) is 0 Å². The van der Waals surface area contributed by atoms with Crippen molar-refractivity contribution in [2.45, 2.75) is 38.5 Å². The Balaban J connectivity index is 1.32. The second-order valence-corrected chi connectivity index (χ2v) is 13.0. The van der Waals surface area contributed by atoms with E-state index in [0.717, 1.165) is 16.7 Å². The third-order valence-electron chi connectivity index (χ3n) is 9.63. The third-order valence-corrected chi connectivity index (χ3v) is 9.63. The molecule has 43 heavy (non-hydrogen) atoms. The van der Waals surface area contributed by atoms with Gasteiger partial charge in [0.25, 0.3) is 0 Å². The summed E-state index contributed by atoms with van der Waals surface area (Å²) in [5.41, 5.74) is 14.6. The predicted octanol–water partition coefficient (Wildman–Crippen LogP) is 7.74. The molecule has 4 heteroatoms. The molecule has 2 aliphatic carbocycles. The molecule has 8 rings (SSSR count). The highest BCUT2D eigenvalue weighted by atomic mass is 15.0. The molecule has 3 nitrogen and oxygen atoms in total. The smallest absolute Gasteiger partial charge is 0.164 e. The maximum absolute atomic E-state index is 5.13. The molecule has 1 heterocycles. The van der Waals surface area contributed by atoms with E-state index in [4.69, 9.17) is 15.0 Å². The lowest BCUT2D eigenvalue weighted by atomic mass is 9.82. The molecule has 0 atom stereocenters. The van der Waals surface area contributed by atoms with Crippen molar-refractivity contribution in [1.82, 2.24) is 15.0 Å². The van der Waals surface area contributed by atoms with Crippen molar-refractivity contribution in [3.63, 3.8) is 0 Å². The van der Waals surface area contributed by atoms with Crippen LogP contribution in [0, 0.1) is 0 Å². The van der Waals surface area contributed by atoms with Gasteiger partial charge in [0.05, 0.1) is 0 Å². The fourth-order valence-electron chi connectivity index (χ4n) is 7.18. The lowest BCUT2D eigenvalue weighted by Gasteiger charge is -2.21. The number of rotatable bonds is 3. The van der Waals surface area contributed by atoms with E-state index in [1.807, 2.05) is 0 Å². The summed E-state index contributed by atoms with van der Waals surface area (Å²) in [5, 5.41) is 0. The van der Waals surface area contributed by atoms with Gasteiger partial charge in [-0.15, -0.1) is 0 Å². The molecule has 2 aliphatic rings. The Morgan fingerprint density at radius 3 is 1.26 bits per heavy atom. The first-order valence-electron chi connectivity index (χ1n) is 15.0. The fraction of sp³-hybridized carbons (Fsp3) is 0.154. The largest absolute Gasteiger partial charge is 0.208 e. The molecule has 0 radical (unpaired) electrons. The van der Waals surface area contributed by atoms with E-state index >= 15 is 0 Å². The molecule has 0 spiro atoms. The maximum Gasteiger partial charge on any atom is 0.164 e. The minimum Gasteiger partial charge on any atom is -0.208 e. The number of hydrogen-bond acceptors (Lipinski definition) is 3. The van der Waals surface area contributed by atoms with E-state index in [1.54, 1.807) is 0 Å². The minimum absolute atomic E-state index is 0.0454. The van der Waals surface area contributed by atoms with Crippen molar-refractivity contribution >= 4 is 13.3 Å². The summed E-state index contributed by atoms with van der Waals surface area (Å²) in [6, 6.07) is 39.3. The van der Waals surface area contributed by atoms with Crippen LogP contribution in [0.15, 0.2) is 109 Å². The Morgan fingerprint density at radius 2 is 0.791 bits per heavy atom. The Hall–Kier alpha value is -4.83. The summed E-state index contributed by atoms with van der Waals surface area (Å²) in [7, 11) is 2.10. The Morgan fingerprint density at radius 1 is 0.419 bits per heavy atom. The van der Waals surface area contributed by atoms with Gasteiger partial charge >= 0.3 is 0 Å². The first-order chi connectivity index (χ1) is 20.7. The SMILES string of the molecule is Bc1ccc(-c2nc(-c3ccc4c(c3)-c3ccccc3C4(C)C)nc(-c3ccc4c(c3)-c3ccccc3C4(C)C)n2)cc1. The molecule has 0 N–H and O–H groups in total. The summed E-state index contributed by atoms with van der Waals surface area (Å²) in [4.78, 5) is 15.2. The van der Waals surface area contributed by atoms with E-state index in [-0.39, 0.29) is 10.8 Å². The molecule has 6 aromatic rings. The van der Waals surface area contributed by atoms with Crippen molar-refractivity contribution < 1.29 is 0 Å². The second kappa shape index (κ2) is 9.09. The number of hydrogen-bond donors (Lipinski definition) is 0. The fourth-order valence-corrected chi connectivity index (χ4v) is 7.18. The van der Waals surface area contributed by atoms with Gasteiger partial charge in [-0.05, 0) is 56.6 Å². The Kier molecular flexibility index (Phi) is 5.46. The number of nitrogens with zero attached hydrogens (tertiary/aromatic N) is 3. The van der Waals surface area contributed by atoms with Gasteiger partial charge < -0.3 is 0 Å². The topological polar surface area (TPSA) is 38.7 Å². The maximum atomic E-state index is 5.13. The zero-order valence-electron chi connectivity index (χ0n) is 25.2. The molecule has 0 amide bonds. The molecule has 0 bridgehead atoms. The van der Waals surface area contributed by atoms with E-state index in [0.29, 0.717) is 17.5 Å². The third kappa shape index (κ3) is 3.86. The van der Waals surface area contributed by atoms with Crippen LogP contribution < -0.4 is 5.46 Å². The Bertz CT molecular complexity index is 1960.